The van der Waals surface area contributed by atoms with Gasteiger partial charge in [0.1, 0.15) is 5.69 Å². The van der Waals surface area contributed by atoms with E-state index < -0.39 is 0 Å². The third-order valence-electron chi connectivity index (χ3n) is 5.12. The molecule has 0 aliphatic carbocycles. The zero-order valence-corrected chi connectivity index (χ0v) is 16.8. The molecule has 0 radical (unpaired) electrons. The quantitative estimate of drug-likeness (QED) is 0.723. The van der Waals surface area contributed by atoms with E-state index in [2.05, 4.69) is 27.1 Å². The number of anilines is 2. The van der Waals surface area contributed by atoms with E-state index >= 15 is 0 Å². The molecule has 0 spiro atoms. The summed E-state index contributed by atoms with van der Waals surface area (Å²) >= 11 is 0. The number of morpholine rings is 1. The van der Waals surface area contributed by atoms with E-state index in [0.717, 1.165) is 36.3 Å². The number of aromatic nitrogens is 3. The van der Waals surface area contributed by atoms with Gasteiger partial charge in [-0.25, -0.2) is 9.97 Å². The number of hydrogen-bond acceptors (Lipinski definition) is 5. The highest BCUT2D eigenvalue weighted by atomic mass is 16.5. The maximum Gasteiger partial charge on any atom is 0.272 e. The summed E-state index contributed by atoms with van der Waals surface area (Å²) in [4.78, 5) is 23.8. The molecule has 1 aliphatic rings. The van der Waals surface area contributed by atoms with Gasteiger partial charge >= 0.3 is 0 Å². The van der Waals surface area contributed by atoms with Gasteiger partial charge in [0.05, 0.1) is 13.2 Å². The molecule has 150 valence electrons. The first-order chi connectivity index (χ1) is 14.1. The smallest absolute Gasteiger partial charge is 0.272 e. The number of ether oxygens (including phenoxy) is 1. The highest BCUT2D eigenvalue weighted by Crippen LogP contribution is 2.23. The Balaban J connectivity index is 1.48. The molecule has 1 amide bonds. The van der Waals surface area contributed by atoms with E-state index in [0.29, 0.717) is 24.9 Å². The highest BCUT2D eigenvalue weighted by Gasteiger charge is 2.16. The van der Waals surface area contributed by atoms with Crippen LogP contribution in [0.3, 0.4) is 0 Å². The summed E-state index contributed by atoms with van der Waals surface area (Å²) in [5.41, 5.74) is 4.39. The Bertz CT molecular complexity index is 973. The summed E-state index contributed by atoms with van der Waals surface area (Å²) in [6.45, 7) is 5.10. The highest BCUT2D eigenvalue weighted by molar-refractivity contribution is 6.04. The van der Waals surface area contributed by atoms with Gasteiger partial charge in [-0.3, -0.25) is 4.79 Å². The van der Waals surface area contributed by atoms with Crippen molar-refractivity contribution >= 4 is 17.5 Å². The molecule has 7 nitrogen and oxygen atoms in total. The molecule has 2 aromatic heterocycles. The van der Waals surface area contributed by atoms with E-state index in [1.54, 1.807) is 12.4 Å². The summed E-state index contributed by atoms with van der Waals surface area (Å²) in [6.07, 6.45) is 6.50. The second kappa shape index (κ2) is 8.45. The number of nitrogens with one attached hydrogen (secondary N) is 1. The van der Waals surface area contributed by atoms with Crippen LogP contribution < -0.4 is 10.2 Å². The first-order valence-corrected chi connectivity index (χ1v) is 9.86. The monoisotopic (exact) mass is 391 g/mol. The van der Waals surface area contributed by atoms with Crippen molar-refractivity contribution in [3.8, 4) is 11.1 Å². The molecule has 1 fully saturated rings. The minimum Gasteiger partial charge on any atom is -0.378 e. The maximum atomic E-state index is 12.7. The molecule has 7 heteroatoms. The molecule has 3 heterocycles. The van der Waals surface area contributed by atoms with Crippen LogP contribution in [-0.4, -0.2) is 46.7 Å². The number of benzene rings is 1. The first kappa shape index (κ1) is 19.1. The van der Waals surface area contributed by atoms with Crippen molar-refractivity contribution in [2.24, 2.45) is 7.05 Å². The van der Waals surface area contributed by atoms with Crippen molar-refractivity contribution in [1.82, 2.24) is 14.5 Å². The number of carbonyl (C=O) groups is 1. The van der Waals surface area contributed by atoms with Crippen LogP contribution in [0.1, 0.15) is 23.0 Å². The Kier molecular flexibility index (Phi) is 5.57. The fourth-order valence-corrected chi connectivity index (χ4v) is 3.36. The summed E-state index contributed by atoms with van der Waals surface area (Å²) in [5, 5.41) is 2.96. The lowest BCUT2D eigenvalue weighted by molar-refractivity contribution is 0.101. The number of rotatable bonds is 5. The lowest BCUT2D eigenvalue weighted by Crippen LogP contribution is -2.37. The van der Waals surface area contributed by atoms with Gasteiger partial charge in [0.15, 0.2) is 0 Å². The van der Waals surface area contributed by atoms with Crippen molar-refractivity contribution in [3.63, 3.8) is 0 Å². The van der Waals surface area contributed by atoms with Crippen molar-refractivity contribution in [2.45, 2.75) is 13.3 Å². The third kappa shape index (κ3) is 4.30. The van der Waals surface area contributed by atoms with Crippen LogP contribution in [0.2, 0.25) is 0 Å². The summed E-state index contributed by atoms with van der Waals surface area (Å²) in [6, 6.07) is 9.78. The fraction of sp³-hybridized carbons (Fsp3) is 0.318. The lowest BCUT2D eigenvalue weighted by atomic mass is 10.1. The predicted molar refractivity (Wildman–Crippen MR) is 113 cm³/mol. The van der Waals surface area contributed by atoms with Crippen molar-refractivity contribution in [3.05, 3.63) is 60.2 Å². The van der Waals surface area contributed by atoms with Crippen LogP contribution in [0.5, 0.6) is 0 Å². The SMILES string of the molecule is CCc1ccc(NC(=O)c2cc(-c3cnc(N4CCOCC4)nc3)cn2C)cc1. The van der Waals surface area contributed by atoms with E-state index in [4.69, 9.17) is 4.74 Å². The molecular weight excluding hydrogens is 366 g/mol. The maximum absolute atomic E-state index is 12.7. The Morgan fingerprint density at radius 1 is 1.10 bits per heavy atom. The molecular formula is C22H25N5O2. The van der Waals surface area contributed by atoms with E-state index in [1.807, 2.05) is 48.1 Å². The van der Waals surface area contributed by atoms with Gasteiger partial charge in [0.25, 0.3) is 5.91 Å². The van der Waals surface area contributed by atoms with Crippen molar-refractivity contribution in [2.75, 3.05) is 36.5 Å². The third-order valence-corrected chi connectivity index (χ3v) is 5.12. The molecule has 0 atom stereocenters. The molecule has 0 saturated carbocycles. The van der Waals surface area contributed by atoms with Gasteiger partial charge in [-0.1, -0.05) is 19.1 Å². The average Bonchev–Trinajstić information content (AvgIpc) is 3.17. The van der Waals surface area contributed by atoms with Crippen LogP contribution in [0.15, 0.2) is 48.9 Å². The Hall–Kier alpha value is -3.19. The average molecular weight is 391 g/mol. The van der Waals surface area contributed by atoms with Crippen molar-refractivity contribution in [1.29, 1.82) is 0 Å². The standard InChI is InChI=1S/C22H25N5O2/c1-3-16-4-6-19(7-5-16)25-21(28)20-12-17(15-26(20)2)18-13-23-22(24-14-18)27-8-10-29-11-9-27/h4-7,12-15H,3,8-11H2,1-2H3,(H,25,28). The lowest BCUT2D eigenvalue weighted by Gasteiger charge is -2.26. The minimum atomic E-state index is -0.145. The molecule has 29 heavy (non-hydrogen) atoms. The number of nitrogens with zero attached hydrogens (tertiary/aromatic N) is 4. The number of hydrogen-bond donors (Lipinski definition) is 1. The number of carbonyl (C=O) groups excluding carboxylic acids is 1. The Labute approximate surface area is 170 Å². The Morgan fingerprint density at radius 3 is 2.45 bits per heavy atom. The van der Waals surface area contributed by atoms with Crippen LogP contribution in [-0.2, 0) is 18.2 Å². The Morgan fingerprint density at radius 2 is 1.79 bits per heavy atom. The summed E-state index contributed by atoms with van der Waals surface area (Å²) < 4.78 is 7.19. The topological polar surface area (TPSA) is 72.3 Å². The van der Waals surface area contributed by atoms with E-state index in [9.17, 15) is 4.79 Å². The molecule has 1 aliphatic heterocycles. The molecule has 0 unspecified atom stereocenters. The van der Waals surface area contributed by atoms with E-state index in [-0.39, 0.29) is 5.91 Å². The normalized spacial score (nSPS) is 14.1. The van der Waals surface area contributed by atoms with Gasteiger partial charge in [-0.05, 0) is 30.2 Å². The fourth-order valence-electron chi connectivity index (χ4n) is 3.36. The van der Waals surface area contributed by atoms with Gasteiger partial charge in [-0.15, -0.1) is 0 Å². The van der Waals surface area contributed by atoms with Gasteiger partial charge in [0, 0.05) is 55.5 Å². The zero-order valence-electron chi connectivity index (χ0n) is 16.8. The van der Waals surface area contributed by atoms with E-state index in [1.165, 1.54) is 5.56 Å². The molecule has 1 saturated heterocycles. The van der Waals surface area contributed by atoms with Gasteiger partial charge < -0.3 is 19.5 Å². The predicted octanol–water partition coefficient (Wildman–Crippen LogP) is 3.13. The van der Waals surface area contributed by atoms with Crippen LogP contribution >= 0.6 is 0 Å². The molecule has 1 aromatic carbocycles. The van der Waals surface area contributed by atoms with Crippen molar-refractivity contribution < 1.29 is 9.53 Å². The zero-order chi connectivity index (χ0) is 20.2. The molecule has 4 rings (SSSR count). The van der Waals surface area contributed by atoms with Gasteiger partial charge in [0.2, 0.25) is 5.95 Å². The molecule has 1 N–H and O–H groups in total. The molecule has 0 bridgehead atoms. The van der Waals surface area contributed by atoms with Crippen LogP contribution in [0, 0.1) is 0 Å². The largest absolute Gasteiger partial charge is 0.378 e. The van der Waals surface area contributed by atoms with Crippen LogP contribution in [0.25, 0.3) is 11.1 Å². The second-order valence-corrected chi connectivity index (χ2v) is 7.10. The van der Waals surface area contributed by atoms with Gasteiger partial charge in [-0.2, -0.15) is 0 Å². The van der Waals surface area contributed by atoms with Crippen LogP contribution in [0.4, 0.5) is 11.6 Å². The second-order valence-electron chi connectivity index (χ2n) is 7.10. The summed E-state index contributed by atoms with van der Waals surface area (Å²) in [5.74, 6) is 0.565. The first-order valence-electron chi connectivity index (χ1n) is 9.86. The minimum absolute atomic E-state index is 0.145. The molecule has 3 aromatic rings. The number of aryl methyl sites for hydroxylation is 2. The number of amides is 1. The summed E-state index contributed by atoms with van der Waals surface area (Å²) in [7, 11) is 1.86.